The van der Waals surface area contributed by atoms with Gasteiger partial charge in [-0.15, -0.1) is 0 Å². The third-order valence-electron chi connectivity index (χ3n) is 2.90. The topological polar surface area (TPSA) is 75.6 Å². The van der Waals surface area contributed by atoms with Crippen LogP contribution in [-0.2, 0) is 6.54 Å². The number of amides is 1. The summed E-state index contributed by atoms with van der Waals surface area (Å²) in [6, 6.07) is 9.61. The Labute approximate surface area is 115 Å². The Bertz CT molecular complexity index is 687. The third kappa shape index (κ3) is 2.44. The molecule has 0 saturated carbocycles. The standard InChI is InChI=1S/C14H13N5O/c20-14(17-7-11-6-15-9-18-11)13-8-16-10-19(13)12-4-2-1-3-5-12/h1-6,8-10H,7H2,(H,15,18)(H,17,20). The molecule has 0 spiro atoms. The van der Waals surface area contributed by atoms with E-state index >= 15 is 0 Å². The van der Waals surface area contributed by atoms with E-state index in [-0.39, 0.29) is 5.91 Å². The minimum absolute atomic E-state index is 0.180. The second kappa shape index (κ2) is 5.40. The number of nitrogens with one attached hydrogen (secondary N) is 2. The Morgan fingerprint density at radius 2 is 2.05 bits per heavy atom. The molecule has 0 aliphatic heterocycles. The average Bonchev–Trinajstić information content (AvgIpc) is 3.17. The minimum Gasteiger partial charge on any atom is -0.347 e. The second-order valence-corrected chi connectivity index (χ2v) is 4.24. The second-order valence-electron chi connectivity index (χ2n) is 4.24. The lowest BCUT2D eigenvalue weighted by Gasteiger charge is -2.08. The number of nitrogens with zero attached hydrogens (tertiary/aromatic N) is 3. The molecule has 1 aromatic carbocycles. The lowest BCUT2D eigenvalue weighted by Crippen LogP contribution is -2.25. The van der Waals surface area contributed by atoms with Crippen molar-refractivity contribution in [2.24, 2.45) is 0 Å². The van der Waals surface area contributed by atoms with Crippen molar-refractivity contribution < 1.29 is 4.79 Å². The molecule has 100 valence electrons. The normalized spacial score (nSPS) is 10.4. The van der Waals surface area contributed by atoms with Crippen LogP contribution in [0.25, 0.3) is 5.69 Å². The van der Waals surface area contributed by atoms with Crippen molar-refractivity contribution in [3.05, 3.63) is 66.8 Å². The predicted molar refractivity (Wildman–Crippen MR) is 73.3 cm³/mol. The van der Waals surface area contributed by atoms with Gasteiger partial charge < -0.3 is 10.3 Å². The number of imidazole rings is 2. The van der Waals surface area contributed by atoms with Crippen LogP contribution < -0.4 is 5.32 Å². The van der Waals surface area contributed by atoms with Gasteiger partial charge in [0.2, 0.25) is 0 Å². The van der Waals surface area contributed by atoms with Gasteiger partial charge in [-0.05, 0) is 12.1 Å². The highest BCUT2D eigenvalue weighted by molar-refractivity contribution is 5.92. The molecule has 3 rings (SSSR count). The van der Waals surface area contributed by atoms with Gasteiger partial charge in [-0.25, -0.2) is 9.97 Å². The summed E-state index contributed by atoms with van der Waals surface area (Å²) in [5, 5.41) is 2.83. The highest BCUT2D eigenvalue weighted by atomic mass is 16.1. The summed E-state index contributed by atoms with van der Waals surface area (Å²) in [5.41, 5.74) is 2.25. The van der Waals surface area contributed by atoms with E-state index in [2.05, 4.69) is 20.3 Å². The highest BCUT2D eigenvalue weighted by Crippen LogP contribution is 2.10. The van der Waals surface area contributed by atoms with Gasteiger partial charge in [0.25, 0.3) is 5.91 Å². The fourth-order valence-corrected chi connectivity index (χ4v) is 1.90. The number of carbonyl (C=O) groups is 1. The zero-order valence-corrected chi connectivity index (χ0v) is 10.7. The molecule has 6 nitrogen and oxygen atoms in total. The first-order valence-electron chi connectivity index (χ1n) is 6.18. The van der Waals surface area contributed by atoms with Crippen LogP contribution in [0.5, 0.6) is 0 Å². The van der Waals surface area contributed by atoms with Crippen LogP contribution in [0.1, 0.15) is 16.2 Å². The molecule has 3 aromatic rings. The molecule has 0 saturated heterocycles. The summed E-state index contributed by atoms with van der Waals surface area (Å²) in [4.78, 5) is 23.1. The van der Waals surface area contributed by atoms with E-state index in [4.69, 9.17) is 0 Å². The van der Waals surface area contributed by atoms with Crippen molar-refractivity contribution in [1.82, 2.24) is 24.8 Å². The quantitative estimate of drug-likeness (QED) is 0.752. The third-order valence-corrected chi connectivity index (χ3v) is 2.90. The monoisotopic (exact) mass is 267 g/mol. The van der Waals surface area contributed by atoms with Crippen LogP contribution >= 0.6 is 0 Å². The maximum Gasteiger partial charge on any atom is 0.270 e. The smallest absolute Gasteiger partial charge is 0.270 e. The van der Waals surface area contributed by atoms with E-state index in [1.54, 1.807) is 29.6 Å². The van der Waals surface area contributed by atoms with E-state index in [1.807, 2.05) is 30.3 Å². The van der Waals surface area contributed by atoms with Crippen LogP contribution in [0, 0.1) is 0 Å². The Balaban J connectivity index is 1.77. The summed E-state index contributed by atoms with van der Waals surface area (Å²) in [7, 11) is 0. The van der Waals surface area contributed by atoms with Crippen LogP contribution in [0.3, 0.4) is 0 Å². The van der Waals surface area contributed by atoms with Gasteiger partial charge in [-0.2, -0.15) is 0 Å². The maximum atomic E-state index is 12.2. The van der Waals surface area contributed by atoms with Crippen molar-refractivity contribution in [2.75, 3.05) is 0 Å². The van der Waals surface area contributed by atoms with E-state index in [9.17, 15) is 4.79 Å². The van der Waals surface area contributed by atoms with Crippen molar-refractivity contribution in [3.8, 4) is 5.69 Å². The number of aromatic nitrogens is 4. The van der Waals surface area contributed by atoms with Gasteiger partial charge >= 0.3 is 0 Å². The van der Waals surface area contributed by atoms with Crippen LogP contribution in [0.2, 0.25) is 0 Å². The van der Waals surface area contributed by atoms with Crippen LogP contribution in [0.15, 0.2) is 55.4 Å². The van der Waals surface area contributed by atoms with Crippen molar-refractivity contribution in [2.45, 2.75) is 6.54 Å². The summed E-state index contributed by atoms with van der Waals surface area (Å²) in [6.45, 7) is 0.402. The van der Waals surface area contributed by atoms with Crippen LogP contribution in [-0.4, -0.2) is 25.4 Å². The first-order chi connectivity index (χ1) is 9.84. The molecule has 0 atom stereocenters. The molecule has 0 radical (unpaired) electrons. The van der Waals surface area contributed by atoms with E-state index in [0.29, 0.717) is 12.2 Å². The van der Waals surface area contributed by atoms with Gasteiger partial charge in [0.15, 0.2) is 0 Å². The molecule has 6 heteroatoms. The number of benzene rings is 1. The number of aromatic amines is 1. The fraction of sp³-hybridized carbons (Fsp3) is 0.0714. The fourth-order valence-electron chi connectivity index (χ4n) is 1.90. The Kier molecular flexibility index (Phi) is 3.28. The molecule has 0 aliphatic carbocycles. The molecule has 0 bridgehead atoms. The molecule has 0 unspecified atom stereocenters. The SMILES string of the molecule is O=C(NCc1cnc[nH]1)c1cncn1-c1ccccc1. The molecule has 20 heavy (non-hydrogen) atoms. The maximum absolute atomic E-state index is 12.2. The molecule has 2 N–H and O–H groups in total. The summed E-state index contributed by atoms with van der Waals surface area (Å²) < 4.78 is 1.75. The summed E-state index contributed by atoms with van der Waals surface area (Å²) in [6.07, 6.45) is 6.43. The predicted octanol–water partition coefficient (Wildman–Crippen LogP) is 1.53. The van der Waals surface area contributed by atoms with Crippen LogP contribution in [0.4, 0.5) is 0 Å². The molecule has 2 heterocycles. The molecule has 1 amide bonds. The first kappa shape index (κ1) is 12.2. The molecule has 0 aliphatic rings. The van der Waals surface area contributed by atoms with Gasteiger partial charge in [-0.1, -0.05) is 18.2 Å². The molecular formula is C14H13N5O. The number of carbonyl (C=O) groups excluding carboxylic acids is 1. The number of rotatable bonds is 4. The number of hydrogen-bond donors (Lipinski definition) is 2. The zero-order chi connectivity index (χ0) is 13.8. The van der Waals surface area contributed by atoms with Crippen molar-refractivity contribution in [1.29, 1.82) is 0 Å². The largest absolute Gasteiger partial charge is 0.347 e. The Morgan fingerprint density at radius 1 is 1.20 bits per heavy atom. The Hall–Kier alpha value is -2.89. The van der Waals surface area contributed by atoms with E-state index in [1.165, 1.54) is 0 Å². The van der Waals surface area contributed by atoms with Gasteiger partial charge in [-0.3, -0.25) is 9.36 Å². The lowest BCUT2D eigenvalue weighted by atomic mass is 10.3. The Morgan fingerprint density at radius 3 is 2.80 bits per heavy atom. The average molecular weight is 267 g/mol. The number of H-pyrrole nitrogens is 1. The van der Waals surface area contributed by atoms with Crippen molar-refractivity contribution in [3.63, 3.8) is 0 Å². The molecule has 2 aromatic heterocycles. The minimum atomic E-state index is -0.180. The first-order valence-corrected chi connectivity index (χ1v) is 6.18. The van der Waals surface area contributed by atoms with Gasteiger partial charge in [0.1, 0.15) is 5.69 Å². The zero-order valence-electron chi connectivity index (χ0n) is 10.7. The number of hydrogen-bond acceptors (Lipinski definition) is 3. The van der Waals surface area contributed by atoms with Crippen molar-refractivity contribution >= 4 is 5.91 Å². The lowest BCUT2D eigenvalue weighted by molar-refractivity contribution is 0.0943. The summed E-state index contributed by atoms with van der Waals surface area (Å²) in [5.74, 6) is -0.180. The highest BCUT2D eigenvalue weighted by Gasteiger charge is 2.12. The van der Waals surface area contributed by atoms with Gasteiger partial charge in [0.05, 0.1) is 31.1 Å². The molecule has 0 fully saturated rings. The summed E-state index contributed by atoms with van der Waals surface area (Å²) >= 11 is 0. The van der Waals surface area contributed by atoms with E-state index in [0.717, 1.165) is 11.4 Å². The number of para-hydroxylation sites is 1. The van der Waals surface area contributed by atoms with E-state index < -0.39 is 0 Å². The van der Waals surface area contributed by atoms with Gasteiger partial charge in [0, 0.05) is 11.9 Å². The molecular weight excluding hydrogens is 254 g/mol.